The van der Waals surface area contributed by atoms with Gasteiger partial charge >= 0.3 is 5.97 Å². The number of ether oxygens (including phenoxy) is 3. The van der Waals surface area contributed by atoms with Crippen molar-refractivity contribution >= 4 is 5.97 Å². The van der Waals surface area contributed by atoms with Crippen LogP contribution in [0.2, 0.25) is 0 Å². The fraction of sp³-hybridized carbons (Fsp3) is 0.136. The van der Waals surface area contributed by atoms with E-state index in [1.807, 2.05) is 24.3 Å². The predicted molar refractivity (Wildman–Crippen MR) is 100 cm³/mol. The van der Waals surface area contributed by atoms with E-state index in [0.717, 1.165) is 12.2 Å². The number of carbonyl (C=O) groups is 1. The Kier molecular flexibility index (Phi) is 5.88. The van der Waals surface area contributed by atoms with Crippen LogP contribution in [0.25, 0.3) is 0 Å². The van der Waals surface area contributed by atoms with E-state index in [0.29, 0.717) is 23.7 Å². The second-order valence-electron chi connectivity index (χ2n) is 5.65. The molecule has 26 heavy (non-hydrogen) atoms. The van der Waals surface area contributed by atoms with Crippen LogP contribution in [-0.4, -0.2) is 19.7 Å². The zero-order valence-electron chi connectivity index (χ0n) is 14.6. The summed E-state index contributed by atoms with van der Waals surface area (Å²) in [5, 5.41) is 0. The first-order chi connectivity index (χ1) is 12.8. The van der Waals surface area contributed by atoms with Gasteiger partial charge in [0.2, 0.25) is 0 Å². The van der Waals surface area contributed by atoms with Crippen LogP contribution >= 0.6 is 0 Å². The summed E-state index contributed by atoms with van der Waals surface area (Å²) in [4.78, 5) is 12.3. The van der Waals surface area contributed by atoms with Gasteiger partial charge in [0.05, 0.1) is 19.3 Å². The average Bonchev–Trinajstić information content (AvgIpc) is 2.70. The molecule has 0 fully saturated rings. The zero-order valence-corrected chi connectivity index (χ0v) is 14.6. The first-order valence-corrected chi connectivity index (χ1v) is 8.38. The molecule has 0 saturated heterocycles. The highest BCUT2D eigenvalue weighted by molar-refractivity contribution is 5.91. The van der Waals surface area contributed by atoms with Gasteiger partial charge in [-0.2, -0.15) is 0 Å². The third-order valence-corrected chi connectivity index (χ3v) is 3.86. The van der Waals surface area contributed by atoms with E-state index in [4.69, 9.17) is 14.2 Å². The average molecular weight is 348 g/mol. The molecule has 0 N–H and O–H groups in total. The SMILES string of the molecule is COc1ccccc1OC(=O)c1ccc(OCCc2ccccc2)cc1. The molecule has 0 unspecified atom stereocenters. The molecule has 0 aliphatic rings. The minimum Gasteiger partial charge on any atom is -0.493 e. The van der Waals surface area contributed by atoms with E-state index in [-0.39, 0.29) is 0 Å². The molecule has 3 aromatic rings. The maximum atomic E-state index is 12.3. The van der Waals surface area contributed by atoms with Crippen molar-refractivity contribution in [1.29, 1.82) is 0 Å². The first kappa shape index (κ1) is 17.5. The Morgan fingerprint density at radius 2 is 1.46 bits per heavy atom. The Hall–Kier alpha value is -3.27. The van der Waals surface area contributed by atoms with Gasteiger partial charge in [-0.3, -0.25) is 0 Å². The lowest BCUT2D eigenvalue weighted by Crippen LogP contribution is -2.09. The van der Waals surface area contributed by atoms with Crippen molar-refractivity contribution < 1.29 is 19.0 Å². The number of para-hydroxylation sites is 2. The van der Waals surface area contributed by atoms with Crippen LogP contribution in [0.5, 0.6) is 17.2 Å². The van der Waals surface area contributed by atoms with Gasteiger partial charge in [-0.05, 0) is 42.0 Å². The molecular weight excluding hydrogens is 328 g/mol. The van der Waals surface area contributed by atoms with Gasteiger partial charge in [0.1, 0.15) is 5.75 Å². The highest BCUT2D eigenvalue weighted by Crippen LogP contribution is 2.26. The molecule has 0 aliphatic heterocycles. The van der Waals surface area contributed by atoms with Crippen molar-refractivity contribution in [2.24, 2.45) is 0 Å². The predicted octanol–water partition coefficient (Wildman–Crippen LogP) is 4.54. The monoisotopic (exact) mass is 348 g/mol. The molecule has 4 heteroatoms. The molecule has 3 aromatic carbocycles. The highest BCUT2D eigenvalue weighted by Gasteiger charge is 2.12. The van der Waals surface area contributed by atoms with Crippen molar-refractivity contribution in [3.05, 3.63) is 90.0 Å². The number of carbonyl (C=O) groups excluding carboxylic acids is 1. The highest BCUT2D eigenvalue weighted by atomic mass is 16.6. The minimum absolute atomic E-state index is 0.392. The maximum absolute atomic E-state index is 12.3. The smallest absolute Gasteiger partial charge is 0.343 e. The van der Waals surface area contributed by atoms with E-state index in [1.54, 1.807) is 42.5 Å². The van der Waals surface area contributed by atoms with E-state index in [2.05, 4.69) is 12.1 Å². The zero-order chi connectivity index (χ0) is 18.2. The fourth-order valence-electron chi connectivity index (χ4n) is 2.48. The first-order valence-electron chi connectivity index (χ1n) is 8.38. The number of rotatable bonds is 7. The summed E-state index contributed by atoms with van der Waals surface area (Å²) in [6, 6.07) is 24.1. The quantitative estimate of drug-likeness (QED) is 0.465. The molecule has 0 heterocycles. The standard InChI is InChI=1S/C22H20O4/c1-24-20-9-5-6-10-21(20)26-22(23)18-11-13-19(14-12-18)25-16-15-17-7-3-2-4-8-17/h2-14H,15-16H2,1H3. The van der Waals surface area contributed by atoms with Crippen LogP contribution in [0, 0.1) is 0 Å². The largest absolute Gasteiger partial charge is 0.493 e. The summed E-state index contributed by atoms with van der Waals surface area (Å²) < 4.78 is 16.3. The molecule has 0 saturated carbocycles. The third-order valence-electron chi connectivity index (χ3n) is 3.86. The van der Waals surface area contributed by atoms with E-state index >= 15 is 0 Å². The van der Waals surface area contributed by atoms with E-state index < -0.39 is 5.97 Å². The lowest BCUT2D eigenvalue weighted by Gasteiger charge is -2.09. The van der Waals surface area contributed by atoms with Crippen LogP contribution in [-0.2, 0) is 6.42 Å². The molecular formula is C22H20O4. The van der Waals surface area contributed by atoms with Gasteiger partial charge in [-0.25, -0.2) is 4.79 Å². The summed E-state index contributed by atoms with van der Waals surface area (Å²) in [5.41, 5.74) is 1.68. The topological polar surface area (TPSA) is 44.8 Å². The molecule has 0 radical (unpaired) electrons. The summed E-state index contributed by atoms with van der Waals surface area (Å²) in [6.45, 7) is 0.578. The molecule has 0 atom stereocenters. The Labute approximate surface area is 153 Å². The third kappa shape index (κ3) is 4.63. The van der Waals surface area contributed by atoms with Crippen LogP contribution in [0.15, 0.2) is 78.9 Å². The van der Waals surface area contributed by atoms with Gasteiger partial charge in [0.25, 0.3) is 0 Å². The van der Waals surface area contributed by atoms with E-state index in [9.17, 15) is 4.79 Å². The van der Waals surface area contributed by atoms with Gasteiger partial charge in [0, 0.05) is 6.42 Å². The Bertz CT molecular complexity index is 842. The Balaban J connectivity index is 1.56. The van der Waals surface area contributed by atoms with Crippen molar-refractivity contribution in [3.63, 3.8) is 0 Å². The summed E-state index contributed by atoms with van der Waals surface area (Å²) in [5.74, 6) is 1.19. The van der Waals surface area contributed by atoms with Crippen LogP contribution < -0.4 is 14.2 Å². The van der Waals surface area contributed by atoms with Gasteiger partial charge in [0.15, 0.2) is 11.5 Å². The molecule has 132 valence electrons. The lowest BCUT2D eigenvalue weighted by molar-refractivity contribution is 0.0729. The molecule has 0 aliphatic carbocycles. The van der Waals surface area contributed by atoms with Crippen molar-refractivity contribution in [3.8, 4) is 17.2 Å². The number of methoxy groups -OCH3 is 1. The van der Waals surface area contributed by atoms with E-state index in [1.165, 1.54) is 12.7 Å². The van der Waals surface area contributed by atoms with Crippen LogP contribution in [0.4, 0.5) is 0 Å². The number of hydrogen-bond acceptors (Lipinski definition) is 4. The number of esters is 1. The number of hydrogen-bond donors (Lipinski definition) is 0. The summed E-state index contributed by atoms with van der Waals surface area (Å²) in [7, 11) is 1.54. The molecule has 0 amide bonds. The summed E-state index contributed by atoms with van der Waals surface area (Å²) in [6.07, 6.45) is 0.832. The molecule has 0 aromatic heterocycles. The van der Waals surface area contributed by atoms with Crippen molar-refractivity contribution in [2.45, 2.75) is 6.42 Å². The molecule has 4 nitrogen and oxygen atoms in total. The molecule has 3 rings (SSSR count). The Morgan fingerprint density at radius 3 is 2.15 bits per heavy atom. The van der Waals surface area contributed by atoms with Crippen LogP contribution in [0.3, 0.4) is 0 Å². The van der Waals surface area contributed by atoms with Gasteiger partial charge in [-0.1, -0.05) is 42.5 Å². The fourth-order valence-corrected chi connectivity index (χ4v) is 2.48. The van der Waals surface area contributed by atoms with Crippen LogP contribution in [0.1, 0.15) is 15.9 Å². The molecule has 0 spiro atoms. The maximum Gasteiger partial charge on any atom is 0.343 e. The second kappa shape index (κ2) is 8.72. The normalized spacial score (nSPS) is 10.2. The lowest BCUT2D eigenvalue weighted by atomic mass is 10.2. The second-order valence-corrected chi connectivity index (χ2v) is 5.65. The van der Waals surface area contributed by atoms with Gasteiger partial charge in [-0.15, -0.1) is 0 Å². The number of benzene rings is 3. The molecule has 0 bridgehead atoms. The van der Waals surface area contributed by atoms with Crippen molar-refractivity contribution in [2.75, 3.05) is 13.7 Å². The Morgan fingerprint density at radius 1 is 0.808 bits per heavy atom. The summed E-state index contributed by atoms with van der Waals surface area (Å²) >= 11 is 0. The van der Waals surface area contributed by atoms with Crippen molar-refractivity contribution in [1.82, 2.24) is 0 Å². The van der Waals surface area contributed by atoms with Gasteiger partial charge < -0.3 is 14.2 Å². The minimum atomic E-state index is -0.440.